The summed E-state index contributed by atoms with van der Waals surface area (Å²) in [6, 6.07) is 0. The van der Waals surface area contributed by atoms with Crippen LogP contribution in [0.4, 0.5) is 0 Å². The predicted octanol–water partition coefficient (Wildman–Crippen LogP) is 4.93. The van der Waals surface area contributed by atoms with E-state index in [1.165, 1.54) is 77.0 Å². The van der Waals surface area contributed by atoms with Crippen LogP contribution in [0.2, 0.25) is 0 Å². The van der Waals surface area contributed by atoms with Crippen molar-refractivity contribution in [1.82, 2.24) is 0 Å². The zero-order chi connectivity index (χ0) is 24.7. The van der Waals surface area contributed by atoms with E-state index >= 15 is 0 Å². The first-order chi connectivity index (χ1) is 15.1. The molecule has 0 radical (unpaired) electrons. The lowest BCUT2D eigenvalue weighted by Crippen LogP contribution is -2.20. The molecule has 0 atom stereocenters. The molecule has 0 saturated carbocycles. The van der Waals surface area contributed by atoms with Gasteiger partial charge in [0.2, 0.25) is 0 Å². The number of carbonyl (C=O) groups excluding carboxylic acids is 1. The Morgan fingerprint density at radius 1 is 0.625 bits per heavy atom. The molecule has 0 saturated heterocycles. The quantitative estimate of drug-likeness (QED) is 0.206. The summed E-state index contributed by atoms with van der Waals surface area (Å²) in [7, 11) is -4.14. The molecule has 0 aromatic carbocycles. The van der Waals surface area contributed by atoms with Crippen molar-refractivity contribution in [3.8, 4) is 0 Å². The molecule has 190 valence electrons. The number of carboxylic acids is 2. The SMILES string of the molecule is CCCCCCCCCCCCCCCCCC(=O)OS(N)(=O)=O.O=C(O)CCC(=O)O. The maximum absolute atomic E-state index is 11.1. The van der Waals surface area contributed by atoms with Crippen LogP contribution in [0.25, 0.3) is 0 Å². The monoisotopic (exact) mass is 481 g/mol. The van der Waals surface area contributed by atoms with Crippen LogP contribution in [0.15, 0.2) is 0 Å². The normalized spacial score (nSPS) is 10.8. The van der Waals surface area contributed by atoms with Gasteiger partial charge in [0.05, 0.1) is 12.8 Å². The number of hydrogen-bond donors (Lipinski definition) is 3. The maximum atomic E-state index is 11.1. The predicted molar refractivity (Wildman–Crippen MR) is 123 cm³/mol. The van der Waals surface area contributed by atoms with Crippen LogP contribution < -0.4 is 5.14 Å². The topological polar surface area (TPSA) is 161 Å². The fourth-order valence-electron chi connectivity index (χ4n) is 3.03. The zero-order valence-corrected chi connectivity index (χ0v) is 20.4. The van der Waals surface area contributed by atoms with Crippen LogP contribution >= 0.6 is 0 Å². The number of unbranched alkanes of at least 4 members (excludes halogenated alkanes) is 14. The van der Waals surface area contributed by atoms with E-state index in [1.807, 2.05) is 0 Å². The van der Waals surface area contributed by atoms with Crippen LogP contribution in [-0.4, -0.2) is 36.5 Å². The molecule has 0 aromatic rings. The highest BCUT2D eigenvalue weighted by Crippen LogP contribution is 2.13. The van der Waals surface area contributed by atoms with Crippen molar-refractivity contribution in [3.05, 3.63) is 0 Å². The Kier molecular flexibility index (Phi) is 22.9. The summed E-state index contributed by atoms with van der Waals surface area (Å²) in [4.78, 5) is 30.4. The maximum Gasteiger partial charge on any atom is 0.382 e. The van der Waals surface area contributed by atoms with Crippen molar-refractivity contribution in [2.24, 2.45) is 5.14 Å². The van der Waals surface area contributed by atoms with E-state index in [2.05, 4.69) is 16.2 Å². The highest BCUT2D eigenvalue weighted by atomic mass is 32.2. The lowest BCUT2D eigenvalue weighted by Gasteiger charge is -2.03. The molecular weight excluding hydrogens is 438 g/mol. The van der Waals surface area contributed by atoms with Crippen LogP contribution in [0.1, 0.15) is 122 Å². The van der Waals surface area contributed by atoms with Gasteiger partial charge in [-0.2, -0.15) is 13.6 Å². The first kappa shape index (κ1) is 32.5. The van der Waals surface area contributed by atoms with Crippen molar-refractivity contribution < 1.29 is 37.2 Å². The van der Waals surface area contributed by atoms with E-state index in [0.717, 1.165) is 12.8 Å². The van der Waals surface area contributed by atoms with Gasteiger partial charge in [0.1, 0.15) is 0 Å². The van der Waals surface area contributed by atoms with Gasteiger partial charge in [-0.25, -0.2) is 0 Å². The fraction of sp³-hybridized carbons (Fsp3) is 0.864. The molecule has 0 unspecified atom stereocenters. The average Bonchev–Trinajstić information content (AvgIpc) is 2.68. The average molecular weight is 482 g/mol. The summed E-state index contributed by atoms with van der Waals surface area (Å²) < 4.78 is 25.1. The Morgan fingerprint density at radius 3 is 1.22 bits per heavy atom. The van der Waals surface area contributed by atoms with Gasteiger partial charge >= 0.3 is 28.2 Å². The number of nitrogens with two attached hydrogens (primary N) is 1. The molecule has 0 fully saturated rings. The van der Waals surface area contributed by atoms with Gasteiger partial charge in [-0.3, -0.25) is 14.4 Å². The Balaban J connectivity index is 0. The summed E-state index contributed by atoms with van der Waals surface area (Å²) in [5.41, 5.74) is 0. The first-order valence-electron chi connectivity index (χ1n) is 11.8. The molecule has 0 aliphatic rings. The minimum atomic E-state index is -4.14. The second-order valence-corrected chi connectivity index (χ2v) is 9.09. The molecular formula is C22H43NO8S. The van der Waals surface area contributed by atoms with Crippen molar-refractivity contribution in [3.63, 3.8) is 0 Å². The Labute approximate surface area is 193 Å². The summed E-state index contributed by atoms with van der Waals surface area (Å²) in [6.07, 6.45) is 18.3. The molecule has 0 spiro atoms. The summed E-state index contributed by atoms with van der Waals surface area (Å²) in [5.74, 6) is -2.91. The Morgan fingerprint density at radius 2 is 0.938 bits per heavy atom. The van der Waals surface area contributed by atoms with Gasteiger partial charge in [0.15, 0.2) is 0 Å². The van der Waals surface area contributed by atoms with Crippen LogP contribution in [0.5, 0.6) is 0 Å². The minimum absolute atomic E-state index is 0.120. The van der Waals surface area contributed by atoms with E-state index in [0.29, 0.717) is 6.42 Å². The van der Waals surface area contributed by atoms with Crippen molar-refractivity contribution in [2.75, 3.05) is 0 Å². The van der Waals surface area contributed by atoms with Gasteiger partial charge in [0, 0.05) is 6.42 Å². The Bertz CT molecular complexity index is 579. The zero-order valence-electron chi connectivity index (χ0n) is 19.6. The van der Waals surface area contributed by atoms with Crippen LogP contribution in [0, 0.1) is 0 Å². The third kappa shape index (κ3) is 33.0. The third-order valence-corrected chi connectivity index (χ3v) is 5.16. The molecule has 4 N–H and O–H groups in total. The third-order valence-electron chi connectivity index (χ3n) is 4.75. The molecule has 0 aromatic heterocycles. The molecule has 0 bridgehead atoms. The van der Waals surface area contributed by atoms with E-state index in [4.69, 9.17) is 10.2 Å². The second-order valence-electron chi connectivity index (χ2n) is 7.94. The van der Waals surface area contributed by atoms with Gasteiger partial charge in [-0.1, -0.05) is 96.8 Å². The van der Waals surface area contributed by atoms with Gasteiger partial charge in [0.25, 0.3) is 0 Å². The Hall–Kier alpha value is -1.68. The molecule has 0 rings (SSSR count). The number of hydrogen-bond acceptors (Lipinski definition) is 6. The lowest BCUT2D eigenvalue weighted by molar-refractivity contribution is -0.143. The number of carboxylic acid groups (broad SMARTS) is 2. The van der Waals surface area contributed by atoms with Crippen LogP contribution in [-0.2, 0) is 28.9 Å². The highest BCUT2D eigenvalue weighted by Gasteiger charge is 2.10. The fourth-order valence-corrected chi connectivity index (χ4v) is 3.37. The molecule has 32 heavy (non-hydrogen) atoms. The minimum Gasteiger partial charge on any atom is -0.481 e. The highest BCUT2D eigenvalue weighted by molar-refractivity contribution is 7.84. The van der Waals surface area contributed by atoms with Gasteiger partial charge in [-0.05, 0) is 6.42 Å². The smallest absolute Gasteiger partial charge is 0.382 e. The van der Waals surface area contributed by atoms with E-state index in [9.17, 15) is 22.8 Å². The molecule has 0 aliphatic carbocycles. The molecule has 0 amide bonds. The van der Waals surface area contributed by atoms with E-state index in [1.54, 1.807) is 0 Å². The van der Waals surface area contributed by atoms with E-state index in [-0.39, 0.29) is 19.3 Å². The van der Waals surface area contributed by atoms with Crippen molar-refractivity contribution in [1.29, 1.82) is 0 Å². The van der Waals surface area contributed by atoms with Gasteiger partial charge < -0.3 is 14.4 Å². The molecule has 9 nitrogen and oxygen atoms in total. The summed E-state index contributed by atoms with van der Waals surface area (Å²) >= 11 is 0. The van der Waals surface area contributed by atoms with Gasteiger partial charge in [-0.15, -0.1) is 0 Å². The van der Waals surface area contributed by atoms with Crippen LogP contribution in [0.3, 0.4) is 0 Å². The van der Waals surface area contributed by atoms with Crippen molar-refractivity contribution >= 4 is 28.2 Å². The second kappa shape index (κ2) is 22.5. The summed E-state index contributed by atoms with van der Waals surface area (Å²) in [6.45, 7) is 2.25. The lowest BCUT2D eigenvalue weighted by atomic mass is 10.0. The van der Waals surface area contributed by atoms with Crippen molar-refractivity contribution in [2.45, 2.75) is 122 Å². The number of carbonyl (C=O) groups is 3. The molecule has 0 aliphatic heterocycles. The summed E-state index contributed by atoms with van der Waals surface area (Å²) in [5, 5.41) is 20.4. The standard InChI is InChI=1S/C18H37NO4S.C4H6O4/c1-2-3-4-5-6-7-8-9-10-11-12-13-14-15-16-17-18(20)23-24(19,21)22;5-3(6)1-2-4(7)8/h2-17H2,1H3,(H2,19,21,22);1-2H2,(H,5,6)(H,7,8). The largest absolute Gasteiger partial charge is 0.481 e. The van der Waals surface area contributed by atoms with E-state index < -0.39 is 28.2 Å². The first-order valence-corrected chi connectivity index (χ1v) is 13.2. The number of rotatable bonds is 20. The molecule has 0 heterocycles. The number of aliphatic carboxylic acids is 2. The molecule has 10 heteroatoms.